The first-order chi connectivity index (χ1) is 37.9. The Hall–Kier alpha value is 0.600. The number of hydrogen-bond acceptors (Lipinski definition) is 11. The molecule has 3 aliphatic carbocycles. The summed E-state index contributed by atoms with van der Waals surface area (Å²) in [6.45, 7) is 50.6. The van der Waals surface area contributed by atoms with Gasteiger partial charge in [-0.25, -0.2) is 0 Å². The molecule has 11 heteroatoms. The summed E-state index contributed by atoms with van der Waals surface area (Å²) < 4.78 is 37.7. The maximum absolute atomic E-state index is 5.39. The maximum Gasteiger partial charge on any atom is 0.154 e. The first-order valence-corrected chi connectivity index (χ1v) is 37.2. The van der Waals surface area contributed by atoms with Crippen molar-refractivity contribution in [2.24, 2.45) is 65.1 Å². The molecule has 0 spiro atoms. The molecule has 0 amide bonds. The van der Waals surface area contributed by atoms with Crippen LogP contribution in [0, 0.1) is 65.1 Å². The zero-order valence-corrected chi connectivity index (χ0v) is 59.4. The standard InChI is InChI=1S/C8H16.2C8H14.2C7H14O.C7H14S.2C6H12O2.C6H12OS.C6H12S2/c3*1-7-3-5-8(2)6-4-7;3*1-6-3-4-7(2)8-5-6;4*1-5-3-7-6(2)8-4-5/h7-8H,3-6H2,1-2H3;2*3,8H,4-6H2,1-2H3;3*6-7H,3-5H2,1-2H3;4*5-6H,3-4H2,1-2H3. The zero-order valence-electron chi connectivity index (χ0n) is 56.1. The summed E-state index contributed by atoms with van der Waals surface area (Å²) in [4.78, 5) is 0. The Morgan fingerprint density at radius 1 is 0.300 bits per heavy atom. The van der Waals surface area contributed by atoms with Crippen LogP contribution in [0.2, 0.25) is 0 Å². The Morgan fingerprint density at radius 3 is 0.900 bits per heavy atom. The van der Waals surface area contributed by atoms with E-state index in [4.69, 9.17) is 33.2 Å². The van der Waals surface area contributed by atoms with Crippen molar-refractivity contribution >= 4 is 47.0 Å². The fourth-order valence-electron chi connectivity index (χ4n) is 9.45. The highest BCUT2D eigenvalue weighted by atomic mass is 32.2. The Morgan fingerprint density at radius 2 is 0.650 bits per heavy atom. The summed E-state index contributed by atoms with van der Waals surface area (Å²) in [6, 6.07) is 0. The highest BCUT2D eigenvalue weighted by Crippen LogP contribution is 2.33. The van der Waals surface area contributed by atoms with Crippen molar-refractivity contribution in [1.29, 1.82) is 0 Å². The van der Waals surface area contributed by atoms with Crippen molar-refractivity contribution in [2.45, 2.75) is 281 Å². The maximum atomic E-state index is 5.39. The van der Waals surface area contributed by atoms with Crippen LogP contribution >= 0.6 is 47.0 Å². The predicted octanol–water partition coefficient (Wildman–Crippen LogP) is 20.7. The minimum absolute atomic E-state index is 0.0196. The van der Waals surface area contributed by atoms with Gasteiger partial charge in [0.2, 0.25) is 0 Å². The van der Waals surface area contributed by atoms with E-state index in [1.165, 1.54) is 126 Å². The van der Waals surface area contributed by atoms with E-state index in [-0.39, 0.29) is 12.6 Å². The molecule has 7 saturated heterocycles. The summed E-state index contributed by atoms with van der Waals surface area (Å²) in [5, 5.41) is 0.936. The van der Waals surface area contributed by atoms with Gasteiger partial charge in [0, 0.05) is 40.6 Å². The van der Waals surface area contributed by atoms with Gasteiger partial charge in [-0.05, 0) is 203 Å². The van der Waals surface area contributed by atoms with E-state index in [2.05, 4.69) is 172 Å². The van der Waals surface area contributed by atoms with Crippen LogP contribution < -0.4 is 0 Å². The van der Waals surface area contributed by atoms with Crippen molar-refractivity contribution in [1.82, 2.24) is 0 Å². The van der Waals surface area contributed by atoms with E-state index < -0.39 is 0 Å². The van der Waals surface area contributed by atoms with E-state index in [1.54, 1.807) is 11.1 Å². The third-order valence-corrected chi connectivity index (χ3v) is 22.4. The second kappa shape index (κ2) is 48.6. The first-order valence-electron chi connectivity index (χ1n) is 33.0. The minimum atomic E-state index is 0.0196. The summed E-state index contributed by atoms with van der Waals surface area (Å²) in [5.74, 6) is 14.8. The fourth-order valence-corrected chi connectivity index (χ4v) is 13.9. The van der Waals surface area contributed by atoms with Gasteiger partial charge >= 0.3 is 0 Å². The lowest BCUT2D eigenvalue weighted by atomic mass is 9.84. The molecule has 0 N–H and O–H groups in total. The van der Waals surface area contributed by atoms with Crippen molar-refractivity contribution < 1.29 is 33.2 Å². The van der Waals surface area contributed by atoms with Crippen LogP contribution in [-0.2, 0) is 33.2 Å². The van der Waals surface area contributed by atoms with E-state index in [0.717, 1.165) is 109 Å². The first kappa shape index (κ1) is 78.6. The molecule has 10 unspecified atom stereocenters. The van der Waals surface area contributed by atoms with Crippen molar-refractivity contribution in [3.8, 4) is 0 Å². The number of thioether (sulfide) groups is 4. The summed E-state index contributed by atoms with van der Waals surface area (Å²) in [5.41, 5.74) is 3.61. The lowest BCUT2D eigenvalue weighted by molar-refractivity contribution is -0.187. The molecular weight excluding hydrogens is 1070 g/mol. The topological polar surface area (TPSA) is 64.6 Å². The Labute approximate surface area is 515 Å². The highest BCUT2D eigenvalue weighted by Gasteiger charge is 2.19. The highest BCUT2D eigenvalue weighted by molar-refractivity contribution is 8.17. The SMILES string of the molecule is CC1=CCC(C)CC1.CC1=CCC(C)CC1.CC1CCC(C)CC1.CC1CCC(C)OC1.CC1CCC(C)OC1.CC1CCC(C)SC1.CC1COC(C)OC1.CC1COC(C)OC1.CC1COC(C)SC1.CC1CSC(C)SC1. The van der Waals surface area contributed by atoms with Crippen LogP contribution in [0.15, 0.2) is 23.3 Å². The van der Waals surface area contributed by atoms with Gasteiger partial charge in [-0.15, -0.1) is 35.3 Å². The lowest BCUT2D eigenvalue weighted by Crippen LogP contribution is -2.27. The average molecular weight is 1200 g/mol. The monoisotopic (exact) mass is 1200 g/mol. The Kier molecular flexibility index (Phi) is 47.7. The molecule has 7 heterocycles. The van der Waals surface area contributed by atoms with Gasteiger partial charge in [0.1, 0.15) is 0 Å². The van der Waals surface area contributed by atoms with Gasteiger partial charge in [-0.1, -0.05) is 132 Å². The van der Waals surface area contributed by atoms with E-state index >= 15 is 0 Å². The molecule has 7 nitrogen and oxygen atoms in total. The van der Waals surface area contributed by atoms with Crippen LogP contribution in [0.25, 0.3) is 0 Å². The zero-order chi connectivity index (χ0) is 59.8. The molecule has 0 bridgehead atoms. The largest absolute Gasteiger partial charge is 0.378 e. The number of ether oxygens (including phenoxy) is 7. The second-order valence-corrected chi connectivity index (χ2v) is 32.9. The van der Waals surface area contributed by atoms with Gasteiger partial charge in [-0.2, -0.15) is 11.8 Å². The van der Waals surface area contributed by atoms with E-state index in [1.807, 2.05) is 25.6 Å². The summed E-state index contributed by atoms with van der Waals surface area (Å²) >= 11 is 8.21. The summed E-state index contributed by atoms with van der Waals surface area (Å²) in [6.07, 6.45) is 27.9. The van der Waals surface area contributed by atoms with Gasteiger partial charge in [0.05, 0.1) is 50.7 Å². The molecule has 10 atom stereocenters. The molecule has 0 aromatic heterocycles. The van der Waals surface area contributed by atoms with Crippen LogP contribution in [0.3, 0.4) is 0 Å². The quantitative estimate of drug-likeness (QED) is 0.218. The van der Waals surface area contributed by atoms with Crippen LogP contribution in [0.1, 0.15) is 241 Å². The lowest BCUT2D eigenvalue weighted by Gasteiger charge is -2.24. The van der Waals surface area contributed by atoms with Gasteiger partial charge in [-0.3, -0.25) is 0 Å². The predicted molar refractivity (Wildman–Crippen MR) is 360 cm³/mol. The molecule has 10 aliphatic rings. The van der Waals surface area contributed by atoms with Gasteiger partial charge in [0.25, 0.3) is 0 Å². The molecule has 1 saturated carbocycles. The third kappa shape index (κ3) is 46.8. The molecule has 7 aliphatic heterocycles. The van der Waals surface area contributed by atoms with Crippen LogP contribution in [0.5, 0.6) is 0 Å². The number of rotatable bonds is 0. The second-order valence-electron chi connectivity index (χ2n) is 27.1. The van der Waals surface area contributed by atoms with Crippen LogP contribution in [0.4, 0.5) is 0 Å². The molecule has 80 heavy (non-hydrogen) atoms. The number of allylic oxidation sites excluding steroid dienone is 4. The Balaban J connectivity index is 0.000000444. The number of hydrogen-bond donors (Lipinski definition) is 0. The molecule has 8 fully saturated rings. The molecule has 476 valence electrons. The Bertz CT molecular complexity index is 1090. The average Bonchev–Trinajstić information content (AvgIpc) is 3.44. The molecule has 0 aromatic carbocycles. The van der Waals surface area contributed by atoms with Gasteiger partial charge < -0.3 is 33.2 Å². The smallest absolute Gasteiger partial charge is 0.154 e. The van der Waals surface area contributed by atoms with Crippen molar-refractivity contribution in [3.63, 3.8) is 0 Å². The van der Waals surface area contributed by atoms with Crippen molar-refractivity contribution in [3.05, 3.63) is 23.3 Å². The van der Waals surface area contributed by atoms with Crippen molar-refractivity contribution in [2.75, 3.05) is 69.3 Å². The van der Waals surface area contributed by atoms with Gasteiger partial charge in [0.15, 0.2) is 12.6 Å². The normalized spacial score (nSPS) is 37.8. The van der Waals surface area contributed by atoms with E-state index in [0.29, 0.717) is 29.5 Å². The minimum Gasteiger partial charge on any atom is -0.378 e. The molecule has 10 rings (SSSR count). The molecule has 0 radical (unpaired) electrons. The summed E-state index contributed by atoms with van der Waals surface area (Å²) in [7, 11) is 0. The molecule has 0 aromatic rings. The van der Waals surface area contributed by atoms with E-state index in [9.17, 15) is 0 Å². The third-order valence-electron chi connectivity index (χ3n) is 16.2. The molecular formula is C69H134O7S4. The fraction of sp³-hybridized carbons (Fsp3) is 0.942. The van der Waals surface area contributed by atoms with Crippen LogP contribution in [-0.4, -0.2) is 109 Å².